The van der Waals surface area contributed by atoms with E-state index in [1.165, 1.54) is 0 Å². The molecule has 0 radical (unpaired) electrons. The Morgan fingerprint density at radius 3 is 2.84 bits per heavy atom. The number of nitrogens with one attached hydrogen (secondary N) is 2. The van der Waals surface area contributed by atoms with Gasteiger partial charge in [-0.1, -0.05) is 0 Å². The van der Waals surface area contributed by atoms with E-state index in [4.69, 9.17) is 0 Å². The highest BCUT2D eigenvalue weighted by Gasteiger charge is 2.04. The van der Waals surface area contributed by atoms with E-state index in [1.54, 1.807) is 12.4 Å². The molecule has 0 amide bonds. The normalized spacial score (nSPS) is 12.1. The minimum absolute atomic E-state index is 0.362. The smallest absolute Gasteiger partial charge is 0.208 e. The molecule has 19 heavy (non-hydrogen) atoms. The van der Waals surface area contributed by atoms with Crippen molar-refractivity contribution in [2.45, 2.75) is 6.54 Å². The van der Waals surface area contributed by atoms with E-state index in [0.29, 0.717) is 19.6 Å². The first kappa shape index (κ1) is 14.4. The van der Waals surface area contributed by atoms with Crippen LogP contribution in [-0.4, -0.2) is 42.1 Å². The first-order valence-corrected chi connectivity index (χ1v) is 8.27. The van der Waals surface area contributed by atoms with Crippen molar-refractivity contribution in [1.82, 2.24) is 24.4 Å². The fourth-order valence-electron chi connectivity index (χ4n) is 1.59. The summed E-state index contributed by atoms with van der Waals surface area (Å²) in [5, 5.41) is 3.15. The van der Waals surface area contributed by atoms with Gasteiger partial charge in [-0.2, -0.15) is 0 Å². The standard InChI is InChI=1S/C10H14BrN5O2S/c1-19(17,18)15-3-2-12-4-8-5-14-10-6-13-9(11)7-16(8)10/h5-7,12,15H,2-4H2,1H3. The lowest BCUT2D eigenvalue weighted by Crippen LogP contribution is -2.31. The molecule has 0 saturated carbocycles. The van der Waals surface area contributed by atoms with Crippen molar-refractivity contribution in [3.63, 3.8) is 0 Å². The van der Waals surface area contributed by atoms with Gasteiger partial charge in [0, 0.05) is 25.8 Å². The number of hydrogen-bond acceptors (Lipinski definition) is 5. The molecule has 2 aromatic heterocycles. The van der Waals surface area contributed by atoms with Gasteiger partial charge in [-0.15, -0.1) is 0 Å². The van der Waals surface area contributed by atoms with Crippen molar-refractivity contribution in [3.05, 3.63) is 28.9 Å². The highest BCUT2D eigenvalue weighted by Crippen LogP contribution is 2.10. The van der Waals surface area contributed by atoms with Crippen LogP contribution in [0.3, 0.4) is 0 Å². The average molecular weight is 348 g/mol. The summed E-state index contributed by atoms with van der Waals surface area (Å²) in [7, 11) is -3.12. The lowest BCUT2D eigenvalue weighted by molar-refractivity contribution is 0.581. The summed E-state index contributed by atoms with van der Waals surface area (Å²) in [6, 6.07) is 0. The van der Waals surface area contributed by atoms with Gasteiger partial charge >= 0.3 is 0 Å². The van der Waals surface area contributed by atoms with E-state index in [1.807, 2.05) is 10.6 Å². The van der Waals surface area contributed by atoms with Crippen LogP contribution < -0.4 is 10.0 Å². The third kappa shape index (κ3) is 4.23. The highest BCUT2D eigenvalue weighted by atomic mass is 79.9. The molecule has 2 rings (SSSR count). The molecule has 7 nitrogen and oxygen atoms in total. The summed E-state index contributed by atoms with van der Waals surface area (Å²) in [5.41, 5.74) is 1.76. The van der Waals surface area contributed by atoms with Crippen LogP contribution in [0.5, 0.6) is 0 Å². The molecule has 0 fully saturated rings. The van der Waals surface area contributed by atoms with Gasteiger partial charge in [-0.3, -0.25) is 4.40 Å². The molecule has 0 aromatic carbocycles. The molecule has 0 atom stereocenters. The maximum Gasteiger partial charge on any atom is 0.208 e. The molecule has 9 heteroatoms. The maximum absolute atomic E-state index is 10.9. The van der Waals surface area contributed by atoms with E-state index < -0.39 is 10.0 Å². The molecule has 0 bridgehead atoms. The number of halogens is 1. The Bertz CT molecular complexity index is 670. The second kappa shape index (κ2) is 5.95. The lowest BCUT2D eigenvalue weighted by Gasteiger charge is -2.05. The van der Waals surface area contributed by atoms with Gasteiger partial charge in [0.1, 0.15) is 4.60 Å². The second-order valence-corrected chi connectivity index (χ2v) is 6.68. The van der Waals surface area contributed by atoms with E-state index in [0.717, 1.165) is 22.2 Å². The third-order valence-electron chi connectivity index (χ3n) is 2.41. The van der Waals surface area contributed by atoms with Gasteiger partial charge in [0.05, 0.1) is 24.3 Å². The van der Waals surface area contributed by atoms with Crippen LogP contribution in [0.4, 0.5) is 0 Å². The minimum atomic E-state index is -3.12. The van der Waals surface area contributed by atoms with Gasteiger partial charge < -0.3 is 5.32 Å². The molecule has 0 spiro atoms. The van der Waals surface area contributed by atoms with Crippen LogP contribution in [-0.2, 0) is 16.6 Å². The topological polar surface area (TPSA) is 88.4 Å². The van der Waals surface area contributed by atoms with Crippen LogP contribution in [0.2, 0.25) is 0 Å². The van der Waals surface area contributed by atoms with Gasteiger partial charge in [-0.05, 0) is 15.9 Å². The largest absolute Gasteiger partial charge is 0.310 e. The Kier molecular flexibility index (Phi) is 4.50. The van der Waals surface area contributed by atoms with Crippen molar-refractivity contribution in [2.24, 2.45) is 0 Å². The van der Waals surface area contributed by atoms with E-state index >= 15 is 0 Å². The Balaban J connectivity index is 1.90. The number of fused-ring (bicyclic) bond motifs is 1. The van der Waals surface area contributed by atoms with Crippen molar-refractivity contribution in [3.8, 4) is 0 Å². The number of hydrogen-bond donors (Lipinski definition) is 2. The van der Waals surface area contributed by atoms with Crippen LogP contribution in [0.15, 0.2) is 23.2 Å². The molecule has 0 aliphatic heterocycles. The lowest BCUT2D eigenvalue weighted by atomic mass is 10.4. The Hall–Kier alpha value is -1.03. The molecule has 0 saturated heterocycles. The Morgan fingerprint density at radius 1 is 1.32 bits per heavy atom. The SMILES string of the molecule is CS(=O)(=O)NCCNCc1cnc2cnc(Br)cn12. The maximum atomic E-state index is 10.9. The molecule has 2 aromatic rings. The molecule has 104 valence electrons. The van der Waals surface area contributed by atoms with Crippen LogP contribution >= 0.6 is 15.9 Å². The molecule has 2 heterocycles. The number of nitrogens with zero attached hydrogens (tertiary/aromatic N) is 3. The van der Waals surface area contributed by atoms with Crippen LogP contribution in [0, 0.1) is 0 Å². The van der Waals surface area contributed by atoms with Crippen LogP contribution in [0.1, 0.15) is 5.69 Å². The zero-order valence-corrected chi connectivity index (χ0v) is 12.7. The molecule has 0 aliphatic rings. The van der Waals surface area contributed by atoms with E-state index in [-0.39, 0.29) is 0 Å². The fourth-order valence-corrected chi connectivity index (χ4v) is 2.37. The minimum Gasteiger partial charge on any atom is -0.310 e. The predicted octanol–water partition coefficient (Wildman–Crippen LogP) is 0.131. The first-order valence-electron chi connectivity index (χ1n) is 5.58. The van der Waals surface area contributed by atoms with Gasteiger partial charge in [0.25, 0.3) is 0 Å². The summed E-state index contributed by atoms with van der Waals surface area (Å²) in [5.74, 6) is 0. The monoisotopic (exact) mass is 347 g/mol. The first-order chi connectivity index (χ1) is 8.96. The van der Waals surface area contributed by atoms with Gasteiger partial charge in [0.15, 0.2) is 5.65 Å². The van der Waals surface area contributed by atoms with Crippen molar-refractivity contribution >= 4 is 31.6 Å². The quantitative estimate of drug-likeness (QED) is 0.725. The average Bonchev–Trinajstić information content (AvgIpc) is 2.70. The zero-order valence-electron chi connectivity index (χ0n) is 10.3. The summed E-state index contributed by atoms with van der Waals surface area (Å²) in [4.78, 5) is 8.32. The molecule has 2 N–H and O–H groups in total. The van der Waals surface area contributed by atoms with E-state index in [9.17, 15) is 8.42 Å². The van der Waals surface area contributed by atoms with Gasteiger partial charge in [0.2, 0.25) is 10.0 Å². The number of imidazole rings is 1. The molecular weight excluding hydrogens is 334 g/mol. The number of sulfonamides is 1. The summed E-state index contributed by atoms with van der Waals surface area (Å²) < 4.78 is 26.8. The van der Waals surface area contributed by atoms with Crippen molar-refractivity contribution in [2.75, 3.05) is 19.3 Å². The van der Waals surface area contributed by atoms with Crippen molar-refractivity contribution in [1.29, 1.82) is 0 Å². The number of aromatic nitrogens is 3. The fraction of sp³-hybridized carbons (Fsp3) is 0.400. The summed E-state index contributed by atoms with van der Waals surface area (Å²) >= 11 is 3.31. The Labute approximate surface area is 119 Å². The summed E-state index contributed by atoms with van der Waals surface area (Å²) in [6.07, 6.45) is 6.43. The van der Waals surface area contributed by atoms with E-state index in [2.05, 4.69) is 35.9 Å². The Morgan fingerprint density at radius 2 is 2.11 bits per heavy atom. The third-order valence-corrected chi connectivity index (χ3v) is 3.55. The second-order valence-electron chi connectivity index (χ2n) is 4.03. The number of rotatable bonds is 6. The predicted molar refractivity (Wildman–Crippen MR) is 75.2 cm³/mol. The summed E-state index contributed by atoms with van der Waals surface area (Å²) in [6.45, 7) is 1.51. The van der Waals surface area contributed by atoms with Gasteiger partial charge in [-0.25, -0.2) is 23.1 Å². The van der Waals surface area contributed by atoms with Crippen molar-refractivity contribution < 1.29 is 8.42 Å². The molecule has 0 aliphatic carbocycles. The highest BCUT2D eigenvalue weighted by molar-refractivity contribution is 9.10. The van der Waals surface area contributed by atoms with Crippen LogP contribution in [0.25, 0.3) is 5.65 Å². The molecule has 0 unspecified atom stereocenters. The molecular formula is C10H14BrN5O2S. The zero-order chi connectivity index (χ0) is 13.9.